The van der Waals surface area contributed by atoms with E-state index in [2.05, 4.69) is 20.2 Å². The first-order valence-corrected chi connectivity index (χ1v) is 7.00. The van der Waals surface area contributed by atoms with Crippen LogP contribution in [0.2, 0.25) is 0 Å². The van der Waals surface area contributed by atoms with Gasteiger partial charge in [-0.2, -0.15) is 0 Å². The zero-order valence-electron chi connectivity index (χ0n) is 9.62. The van der Waals surface area contributed by atoms with E-state index in [0.29, 0.717) is 12.4 Å². The third kappa shape index (κ3) is 3.74. The van der Waals surface area contributed by atoms with Gasteiger partial charge in [0.2, 0.25) is 10.0 Å². The van der Waals surface area contributed by atoms with E-state index in [1.54, 1.807) is 18.4 Å². The van der Waals surface area contributed by atoms with Crippen molar-refractivity contribution in [3.8, 4) is 0 Å². The van der Waals surface area contributed by atoms with Crippen LogP contribution in [0.1, 0.15) is 5.76 Å². The van der Waals surface area contributed by atoms with E-state index in [4.69, 9.17) is 4.42 Å². The summed E-state index contributed by atoms with van der Waals surface area (Å²) in [7, 11) is -3.33. The SMILES string of the molecule is CS(=O)(=O)Nc1ccc(NCc2ccco2)nn1. The third-order valence-corrected chi connectivity index (χ3v) is 2.56. The first-order valence-electron chi connectivity index (χ1n) is 5.11. The molecular formula is C10H12N4O3S. The molecule has 2 rings (SSSR count). The fourth-order valence-corrected chi connectivity index (χ4v) is 1.75. The first kappa shape index (κ1) is 12.4. The van der Waals surface area contributed by atoms with Gasteiger partial charge in [-0.1, -0.05) is 0 Å². The smallest absolute Gasteiger partial charge is 0.231 e. The molecule has 7 nitrogen and oxygen atoms in total. The number of sulfonamides is 1. The van der Waals surface area contributed by atoms with Gasteiger partial charge in [0.05, 0.1) is 19.1 Å². The van der Waals surface area contributed by atoms with Gasteiger partial charge in [-0.3, -0.25) is 4.72 Å². The van der Waals surface area contributed by atoms with Crippen molar-refractivity contribution in [2.24, 2.45) is 0 Å². The molecule has 0 saturated carbocycles. The van der Waals surface area contributed by atoms with Crippen molar-refractivity contribution in [3.63, 3.8) is 0 Å². The van der Waals surface area contributed by atoms with Gasteiger partial charge in [0, 0.05) is 0 Å². The van der Waals surface area contributed by atoms with E-state index in [0.717, 1.165) is 12.0 Å². The Balaban J connectivity index is 1.95. The molecule has 2 aromatic heterocycles. The van der Waals surface area contributed by atoms with Crippen molar-refractivity contribution in [2.75, 3.05) is 16.3 Å². The van der Waals surface area contributed by atoms with Crippen LogP contribution in [0.3, 0.4) is 0 Å². The van der Waals surface area contributed by atoms with Gasteiger partial charge in [0.15, 0.2) is 5.82 Å². The van der Waals surface area contributed by atoms with Crippen LogP contribution in [0.4, 0.5) is 11.6 Å². The van der Waals surface area contributed by atoms with E-state index >= 15 is 0 Å². The van der Waals surface area contributed by atoms with Crippen molar-refractivity contribution in [1.29, 1.82) is 0 Å². The van der Waals surface area contributed by atoms with Gasteiger partial charge in [-0.05, 0) is 24.3 Å². The highest BCUT2D eigenvalue weighted by Crippen LogP contribution is 2.09. The molecule has 18 heavy (non-hydrogen) atoms. The van der Waals surface area contributed by atoms with E-state index < -0.39 is 10.0 Å². The summed E-state index contributed by atoms with van der Waals surface area (Å²) in [5, 5.41) is 10.6. The summed E-state index contributed by atoms with van der Waals surface area (Å²) in [5.74, 6) is 1.49. The Kier molecular flexibility index (Phi) is 3.47. The molecule has 0 saturated heterocycles. The second-order valence-electron chi connectivity index (χ2n) is 3.61. The Bertz CT molecular complexity index is 593. The molecule has 0 atom stereocenters. The summed E-state index contributed by atoms with van der Waals surface area (Å²) in [4.78, 5) is 0. The standard InChI is InChI=1S/C10H12N4O3S/c1-18(15,16)14-10-5-4-9(12-13-10)11-7-8-3-2-6-17-8/h2-6H,7H2,1H3,(H,11,12)(H,13,14). The normalized spacial score (nSPS) is 11.2. The fraction of sp³-hybridized carbons (Fsp3) is 0.200. The van der Waals surface area contributed by atoms with E-state index in [1.165, 1.54) is 6.07 Å². The van der Waals surface area contributed by atoms with Crippen LogP contribution in [0, 0.1) is 0 Å². The Morgan fingerprint density at radius 2 is 1.94 bits per heavy atom. The molecule has 8 heteroatoms. The van der Waals surface area contributed by atoms with Gasteiger partial charge < -0.3 is 9.73 Å². The largest absolute Gasteiger partial charge is 0.467 e. The lowest BCUT2D eigenvalue weighted by Gasteiger charge is -2.04. The lowest BCUT2D eigenvalue weighted by Crippen LogP contribution is -2.11. The molecule has 0 bridgehead atoms. The van der Waals surface area contributed by atoms with Crippen molar-refractivity contribution < 1.29 is 12.8 Å². The second-order valence-corrected chi connectivity index (χ2v) is 5.36. The summed E-state index contributed by atoms with van der Waals surface area (Å²) in [6.07, 6.45) is 2.64. The molecule has 2 heterocycles. The van der Waals surface area contributed by atoms with Crippen LogP contribution in [-0.2, 0) is 16.6 Å². The Morgan fingerprint density at radius 1 is 1.22 bits per heavy atom. The monoisotopic (exact) mass is 268 g/mol. The number of hydrogen-bond donors (Lipinski definition) is 2. The molecule has 0 radical (unpaired) electrons. The van der Waals surface area contributed by atoms with Crippen molar-refractivity contribution in [3.05, 3.63) is 36.3 Å². The van der Waals surface area contributed by atoms with Crippen molar-refractivity contribution in [1.82, 2.24) is 10.2 Å². The number of nitrogens with one attached hydrogen (secondary N) is 2. The molecule has 0 amide bonds. The van der Waals surface area contributed by atoms with Crippen LogP contribution in [0.25, 0.3) is 0 Å². The molecule has 0 aromatic carbocycles. The maximum atomic E-state index is 11.0. The molecule has 0 aliphatic carbocycles. The van der Waals surface area contributed by atoms with Gasteiger partial charge in [0.1, 0.15) is 11.6 Å². The van der Waals surface area contributed by atoms with Crippen molar-refractivity contribution >= 4 is 21.7 Å². The minimum Gasteiger partial charge on any atom is -0.467 e. The lowest BCUT2D eigenvalue weighted by atomic mass is 10.4. The van der Waals surface area contributed by atoms with Crippen LogP contribution in [0.15, 0.2) is 34.9 Å². The quantitative estimate of drug-likeness (QED) is 0.841. The van der Waals surface area contributed by atoms with Gasteiger partial charge >= 0.3 is 0 Å². The highest BCUT2D eigenvalue weighted by Gasteiger charge is 2.04. The minimum absolute atomic E-state index is 0.182. The fourth-order valence-electron chi connectivity index (χ4n) is 1.26. The Hall–Kier alpha value is -2.09. The summed E-state index contributed by atoms with van der Waals surface area (Å²) >= 11 is 0. The highest BCUT2D eigenvalue weighted by atomic mass is 32.2. The summed E-state index contributed by atoms with van der Waals surface area (Å²) < 4.78 is 29.3. The molecule has 2 aromatic rings. The van der Waals surface area contributed by atoms with Gasteiger partial charge in [-0.15, -0.1) is 10.2 Å². The van der Waals surface area contributed by atoms with Crippen LogP contribution < -0.4 is 10.0 Å². The number of furan rings is 1. The number of rotatable bonds is 5. The molecule has 96 valence electrons. The average Bonchev–Trinajstić information content (AvgIpc) is 2.79. The van der Waals surface area contributed by atoms with Crippen molar-refractivity contribution in [2.45, 2.75) is 6.54 Å². The van der Waals surface area contributed by atoms with E-state index in [9.17, 15) is 8.42 Å². The average molecular weight is 268 g/mol. The zero-order valence-corrected chi connectivity index (χ0v) is 10.4. The summed E-state index contributed by atoms with van der Waals surface area (Å²) in [6, 6.07) is 6.78. The predicted octanol–water partition coefficient (Wildman–Crippen LogP) is 1.05. The topological polar surface area (TPSA) is 97.1 Å². The summed E-state index contributed by atoms with van der Waals surface area (Å²) in [5.41, 5.74) is 0. The lowest BCUT2D eigenvalue weighted by molar-refractivity contribution is 0.517. The zero-order chi connectivity index (χ0) is 13.0. The Labute approximate surface area is 104 Å². The number of nitrogens with zero attached hydrogens (tertiary/aromatic N) is 2. The van der Waals surface area contributed by atoms with Crippen LogP contribution >= 0.6 is 0 Å². The maximum absolute atomic E-state index is 11.0. The maximum Gasteiger partial charge on any atom is 0.231 e. The highest BCUT2D eigenvalue weighted by molar-refractivity contribution is 7.92. The minimum atomic E-state index is -3.33. The molecule has 0 aliphatic heterocycles. The molecule has 0 unspecified atom stereocenters. The second kappa shape index (κ2) is 5.05. The van der Waals surface area contributed by atoms with E-state index in [-0.39, 0.29) is 5.82 Å². The van der Waals surface area contributed by atoms with Gasteiger partial charge in [-0.25, -0.2) is 8.42 Å². The molecule has 2 N–H and O–H groups in total. The molecule has 0 spiro atoms. The van der Waals surface area contributed by atoms with E-state index in [1.807, 2.05) is 6.07 Å². The number of anilines is 2. The number of aromatic nitrogens is 2. The molecular weight excluding hydrogens is 256 g/mol. The third-order valence-electron chi connectivity index (χ3n) is 1.98. The van der Waals surface area contributed by atoms with Crippen LogP contribution in [-0.4, -0.2) is 24.9 Å². The Morgan fingerprint density at radius 3 is 2.50 bits per heavy atom. The molecule has 0 fully saturated rings. The van der Waals surface area contributed by atoms with Crippen LogP contribution in [0.5, 0.6) is 0 Å². The molecule has 0 aliphatic rings. The van der Waals surface area contributed by atoms with Gasteiger partial charge in [0.25, 0.3) is 0 Å². The number of hydrogen-bond acceptors (Lipinski definition) is 6. The first-order chi connectivity index (χ1) is 8.53. The summed E-state index contributed by atoms with van der Waals surface area (Å²) in [6.45, 7) is 0.487. The predicted molar refractivity (Wildman–Crippen MR) is 66.5 cm³/mol.